The van der Waals surface area contributed by atoms with Gasteiger partial charge in [-0.05, 0) is 58.6 Å². The molecule has 0 aliphatic rings. The average molecular weight is 415 g/mol. The fourth-order valence-corrected chi connectivity index (χ4v) is 2.81. The van der Waals surface area contributed by atoms with E-state index in [2.05, 4.69) is 39.4 Å². The van der Waals surface area contributed by atoms with Crippen LogP contribution < -0.4 is 20.1 Å². The minimum Gasteiger partial charge on any atom is -0.497 e. The average Bonchev–Trinajstić information content (AvgIpc) is 2.68. The molecule has 0 fully saturated rings. The fourth-order valence-electron chi connectivity index (χ4n) is 2.81. The fraction of sp³-hybridized carbons (Fsp3) is 0.667. The van der Waals surface area contributed by atoms with Crippen LogP contribution in [0.1, 0.15) is 44.6 Å². The van der Waals surface area contributed by atoms with Crippen molar-refractivity contribution in [3.05, 3.63) is 23.8 Å². The standard InChI is InChI=1S/C21H36F2N4O2/c1-5-24-21(25-13-9-7-6-8-10-14-27(2)3)26-16-17-15-18(28-4)11-12-19(17)29-20(22)23/h11-12,15,20H,5-10,13-14,16H2,1-4H3,(H2,24,25,26). The number of hydrogen-bond acceptors (Lipinski definition) is 4. The van der Waals surface area contributed by atoms with Gasteiger partial charge < -0.3 is 25.0 Å². The molecule has 0 unspecified atom stereocenters. The second-order valence-corrected chi connectivity index (χ2v) is 7.05. The van der Waals surface area contributed by atoms with Crippen molar-refractivity contribution in [3.63, 3.8) is 0 Å². The number of benzene rings is 1. The van der Waals surface area contributed by atoms with Gasteiger partial charge in [-0.2, -0.15) is 8.78 Å². The number of halogens is 2. The van der Waals surface area contributed by atoms with Crippen LogP contribution in [0, 0.1) is 0 Å². The van der Waals surface area contributed by atoms with Gasteiger partial charge in [0.25, 0.3) is 0 Å². The molecule has 1 aromatic rings. The monoisotopic (exact) mass is 414 g/mol. The quantitative estimate of drug-likeness (QED) is 0.275. The summed E-state index contributed by atoms with van der Waals surface area (Å²) in [7, 11) is 5.72. The SMILES string of the molecule is CCNC(=NCc1cc(OC)ccc1OC(F)F)NCCCCCCCN(C)C. The minimum atomic E-state index is -2.88. The van der Waals surface area contributed by atoms with Crippen LogP contribution in [0.3, 0.4) is 0 Å². The molecule has 166 valence electrons. The van der Waals surface area contributed by atoms with Gasteiger partial charge in [0.1, 0.15) is 11.5 Å². The molecular formula is C21H36F2N4O2. The van der Waals surface area contributed by atoms with Gasteiger partial charge >= 0.3 is 6.61 Å². The highest BCUT2D eigenvalue weighted by atomic mass is 19.3. The van der Waals surface area contributed by atoms with Crippen LogP contribution >= 0.6 is 0 Å². The normalized spacial score (nSPS) is 11.8. The molecule has 0 saturated carbocycles. The Labute approximate surface area is 173 Å². The molecule has 0 atom stereocenters. The number of unbranched alkanes of at least 4 members (excludes halogenated alkanes) is 4. The Morgan fingerprint density at radius 2 is 1.83 bits per heavy atom. The van der Waals surface area contributed by atoms with Crippen molar-refractivity contribution >= 4 is 5.96 Å². The molecule has 0 saturated heterocycles. The third kappa shape index (κ3) is 11.5. The van der Waals surface area contributed by atoms with Crippen LogP contribution in [0.15, 0.2) is 23.2 Å². The summed E-state index contributed by atoms with van der Waals surface area (Å²) in [6.45, 7) is 1.98. The number of nitrogens with one attached hydrogen (secondary N) is 2. The van der Waals surface area contributed by atoms with Crippen LogP contribution in [0.5, 0.6) is 11.5 Å². The molecule has 1 aromatic carbocycles. The Balaban J connectivity index is 2.52. The van der Waals surface area contributed by atoms with Gasteiger partial charge in [0.05, 0.1) is 13.7 Å². The Hall–Kier alpha value is -2.09. The van der Waals surface area contributed by atoms with Gasteiger partial charge in [-0.1, -0.05) is 19.3 Å². The number of nitrogens with zero attached hydrogens (tertiary/aromatic N) is 2. The van der Waals surface area contributed by atoms with Gasteiger partial charge in [-0.3, -0.25) is 0 Å². The highest BCUT2D eigenvalue weighted by Gasteiger charge is 2.11. The highest BCUT2D eigenvalue weighted by Crippen LogP contribution is 2.26. The van der Waals surface area contributed by atoms with Gasteiger partial charge in [-0.25, -0.2) is 4.99 Å². The lowest BCUT2D eigenvalue weighted by Crippen LogP contribution is -2.37. The van der Waals surface area contributed by atoms with Crippen LogP contribution in [-0.4, -0.2) is 58.3 Å². The smallest absolute Gasteiger partial charge is 0.387 e. The minimum absolute atomic E-state index is 0.109. The van der Waals surface area contributed by atoms with Crippen LogP contribution in [0.4, 0.5) is 8.78 Å². The van der Waals surface area contributed by atoms with E-state index in [4.69, 9.17) is 4.74 Å². The molecule has 0 spiro atoms. The third-order valence-corrected chi connectivity index (χ3v) is 4.31. The van der Waals surface area contributed by atoms with Crippen molar-refractivity contribution in [1.29, 1.82) is 0 Å². The van der Waals surface area contributed by atoms with Crippen molar-refractivity contribution in [2.75, 3.05) is 40.8 Å². The zero-order valence-corrected chi connectivity index (χ0v) is 18.1. The maximum absolute atomic E-state index is 12.6. The number of aliphatic imine (C=N–C) groups is 1. The van der Waals surface area contributed by atoms with E-state index < -0.39 is 6.61 Å². The van der Waals surface area contributed by atoms with Crippen LogP contribution in [-0.2, 0) is 6.54 Å². The van der Waals surface area contributed by atoms with Crippen molar-refractivity contribution in [2.24, 2.45) is 4.99 Å². The Morgan fingerprint density at radius 3 is 2.48 bits per heavy atom. The molecule has 8 heteroatoms. The summed E-state index contributed by atoms with van der Waals surface area (Å²) < 4.78 is 35.1. The topological polar surface area (TPSA) is 58.1 Å². The second kappa shape index (κ2) is 14.8. The molecule has 2 N–H and O–H groups in total. The Bertz CT molecular complexity index is 598. The largest absolute Gasteiger partial charge is 0.497 e. The molecule has 29 heavy (non-hydrogen) atoms. The first kappa shape index (κ1) is 24.9. The number of rotatable bonds is 14. The number of ether oxygens (including phenoxy) is 2. The molecular weight excluding hydrogens is 378 g/mol. The first-order valence-electron chi connectivity index (χ1n) is 10.2. The summed E-state index contributed by atoms with van der Waals surface area (Å²) in [5.41, 5.74) is 0.544. The Morgan fingerprint density at radius 1 is 1.10 bits per heavy atom. The molecule has 6 nitrogen and oxygen atoms in total. The molecule has 0 aliphatic carbocycles. The van der Waals surface area contributed by atoms with E-state index in [0.29, 0.717) is 17.3 Å². The number of alkyl halides is 2. The summed E-state index contributed by atoms with van der Waals surface area (Å²) in [5.74, 6) is 1.34. The van der Waals surface area contributed by atoms with E-state index in [1.807, 2.05) is 6.92 Å². The van der Waals surface area contributed by atoms with Crippen molar-refractivity contribution in [1.82, 2.24) is 15.5 Å². The molecule has 0 radical (unpaired) electrons. The second-order valence-electron chi connectivity index (χ2n) is 7.05. The van der Waals surface area contributed by atoms with Crippen LogP contribution in [0.2, 0.25) is 0 Å². The lowest BCUT2D eigenvalue weighted by atomic mass is 10.1. The maximum Gasteiger partial charge on any atom is 0.387 e. The van der Waals surface area contributed by atoms with Crippen LogP contribution in [0.25, 0.3) is 0 Å². The third-order valence-electron chi connectivity index (χ3n) is 4.31. The van der Waals surface area contributed by atoms with E-state index in [0.717, 1.165) is 26.1 Å². The zero-order chi connectivity index (χ0) is 21.5. The summed E-state index contributed by atoms with van der Waals surface area (Å²) in [6.07, 6.45) is 5.93. The van der Waals surface area contributed by atoms with Gasteiger partial charge in [0.15, 0.2) is 5.96 Å². The first-order valence-corrected chi connectivity index (χ1v) is 10.2. The first-order chi connectivity index (χ1) is 14.0. The molecule has 0 amide bonds. The lowest BCUT2D eigenvalue weighted by molar-refractivity contribution is -0.0504. The number of guanidine groups is 1. The highest BCUT2D eigenvalue weighted by molar-refractivity contribution is 5.79. The predicted molar refractivity (Wildman–Crippen MR) is 114 cm³/mol. The van der Waals surface area contributed by atoms with E-state index in [-0.39, 0.29) is 12.3 Å². The summed E-state index contributed by atoms with van der Waals surface area (Å²) in [4.78, 5) is 6.71. The molecule has 0 aromatic heterocycles. The molecule has 1 rings (SSSR count). The Kier molecular flexibility index (Phi) is 12.8. The van der Waals surface area contributed by atoms with Gasteiger partial charge in [-0.15, -0.1) is 0 Å². The zero-order valence-electron chi connectivity index (χ0n) is 18.1. The van der Waals surface area contributed by atoms with Crippen molar-refractivity contribution in [3.8, 4) is 11.5 Å². The number of methoxy groups -OCH3 is 1. The van der Waals surface area contributed by atoms with E-state index >= 15 is 0 Å². The summed E-state index contributed by atoms with van der Waals surface area (Å²) in [6, 6.07) is 4.73. The van der Waals surface area contributed by atoms with Crippen molar-refractivity contribution in [2.45, 2.75) is 52.2 Å². The van der Waals surface area contributed by atoms with Gasteiger partial charge in [0, 0.05) is 18.7 Å². The van der Waals surface area contributed by atoms with E-state index in [1.165, 1.54) is 38.9 Å². The molecule has 0 heterocycles. The lowest BCUT2D eigenvalue weighted by Gasteiger charge is -2.13. The predicted octanol–water partition coefficient (Wildman–Crippen LogP) is 3.86. The molecule has 0 bridgehead atoms. The maximum atomic E-state index is 12.6. The molecule has 0 aliphatic heterocycles. The van der Waals surface area contributed by atoms with E-state index in [9.17, 15) is 8.78 Å². The van der Waals surface area contributed by atoms with Crippen molar-refractivity contribution < 1.29 is 18.3 Å². The summed E-state index contributed by atoms with van der Waals surface area (Å²) in [5, 5.41) is 6.48. The number of hydrogen-bond donors (Lipinski definition) is 2. The van der Waals surface area contributed by atoms with Gasteiger partial charge in [0.2, 0.25) is 0 Å². The van der Waals surface area contributed by atoms with E-state index in [1.54, 1.807) is 12.1 Å². The summed E-state index contributed by atoms with van der Waals surface area (Å²) >= 11 is 0.